The van der Waals surface area contributed by atoms with Gasteiger partial charge in [0.05, 0.1) is 6.61 Å². The molecule has 6 heteroatoms. The predicted octanol–water partition coefficient (Wildman–Crippen LogP) is 3.47. The van der Waals surface area contributed by atoms with Gasteiger partial charge in [0.2, 0.25) is 0 Å². The molecule has 1 aromatic rings. The lowest BCUT2D eigenvalue weighted by molar-refractivity contribution is -0.173. The Balaban J connectivity index is 2.17. The minimum Gasteiger partial charge on any atom is -0.494 e. The standard InChI is InChI=1S/C13H18F3NO2/c1-2-19-12-6-3-5-11(9-12)17-7-4-8-18-10-13(14,15)16/h3,5-6,9,17H,2,4,7-8,10H2,1H3. The number of hydrogen-bond donors (Lipinski definition) is 1. The van der Waals surface area contributed by atoms with Crippen LogP contribution >= 0.6 is 0 Å². The second-order valence-electron chi connectivity index (χ2n) is 3.91. The first-order valence-electron chi connectivity index (χ1n) is 6.12. The van der Waals surface area contributed by atoms with Crippen LogP contribution in [0.2, 0.25) is 0 Å². The van der Waals surface area contributed by atoms with Crippen molar-refractivity contribution in [2.45, 2.75) is 19.5 Å². The molecule has 0 saturated heterocycles. The van der Waals surface area contributed by atoms with Gasteiger partial charge in [0, 0.05) is 24.9 Å². The Morgan fingerprint density at radius 2 is 2.05 bits per heavy atom. The van der Waals surface area contributed by atoms with Crippen LogP contribution in [-0.4, -0.2) is 32.5 Å². The molecule has 19 heavy (non-hydrogen) atoms. The average molecular weight is 277 g/mol. The highest BCUT2D eigenvalue weighted by Crippen LogP contribution is 2.17. The van der Waals surface area contributed by atoms with E-state index in [1.165, 1.54) is 0 Å². The van der Waals surface area contributed by atoms with Crippen LogP contribution in [0.25, 0.3) is 0 Å². The zero-order chi connectivity index (χ0) is 14.1. The van der Waals surface area contributed by atoms with Crippen LogP contribution in [0.3, 0.4) is 0 Å². The lowest BCUT2D eigenvalue weighted by Gasteiger charge is -2.10. The Morgan fingerprint density at radius 1 is 1.26 bits per heavy atom. The highest BCUT2D eigenvalue weighted by Gasteiger charge is 2.27. The predicted molar refractivity (Wildman–Crippen MR) is 67.6 cm³/mol. The zero-order valence-corrected chi connectivity index (χ0v) is 10.8. The van der Waals surface area contributed by atoms with Gasteiger partial charge in [-0.25, -0.2) is 0 Å². The van der Waals surface area contributed by atoms with Crippen LogP contribution in [0.1, 0.15) is 13.3 Å². The zero-order valence-electron chi connectivity index (χ0n) is 10.8. The van der Waals surface area contributed by atoms with Gasteiger partial charge < -0.3 is 14.8 Å². The second-order valence-corrected chi connectivity index (χ2v) is 3.91. The van der Waals surface area contributed by atoms with Gasteiger partial charge >= 0.3 is 6.18 Å². The molecule has 3 nitrogen and oxygen atoms in total. The molecule has 0 aliphatic heterocycles. The molecule has 0 atom stereocenters. The third-order valence-corrected chi connectivity index (χ3v) is 2.21. The lowest BCUT2D eigenvalue weighted by Crippen LogP contribution is -2.18. The van der Waals surface area contributed by atoms with E-state index in [2.05, 4.69) is 10.1 Å². The van der Waals surface area contributed by atoms with Crippen LogP contribution in [0.15, 0.2) is 24.3 Å². The first-order valence-corrected chi connectivity index (χ1v) is 6.12. The van der Waals surface area contributed by atoms with Crippen molar-refractivity contribution in [3.05, 3.63) is 24.3 Å². The van der Waals surface area contributed by atoms with Crippen molar-refractivity contribution in [3.8, 4) is 5.75 Å². The summed E-state index contributed by atoms with van der Waals surface area (Å²) in [5, 5.41) is 3.10. The van der Waals surface area contributed by atoms with E-state index < -0.39 is 12.8 Å². The van der Waals surface area contributed by atoms with Crippen molar-refractivity contribution in [1.82, 2.24) is 0 Å². The van der Waals surface area contributed by atoms with E-state index in [1.807, 2.05) is 31.2 Å². The summed E-state index contributed by atoms with van der Waals surface area (Å²) in [5.74, 6) is 0.765. The molecule has 1 N–H and O–H groups in total. The van der Waals surface area contributed by atoms with Crippen molar-refractivity contribution < 1.29 is 22.6 Å². The SMILES string of the molecule is CCOc1cccc(NCCCOCC(F)(F)F)c1. The fraction of sp³-hybridized carbons (Fsp3) is 0.538. The highest BCUT2D eigenvalue weighted by molar-refractivity contribution is 5.48. The highest BCUT2D eigenvalue weighted by atomic mass is 19.4. The van der Waals surface area contributed by atoms with E-state index in [0.29, 0.717) is 19.6 Å². The first kappa shape index (κ1) is 15.6. The molecule has 108 valence electrons. The van der Waals surface area contributed by atoms with Gasteiger partial charge in [-0.3, -0.25) is 0 Å². The normalized spacial score (nSPS) is 11.4. The molecule has 0 radical (unpaired) electrons. The third-order valence-electron chi connectivity index (χ3n) is 2.21. The number of rotatable bonds is 8. The van der Waals surface area contributed by atoms with E-state index in [9.17, 15) is 13.2 Å². The van der Waals surface area contributed by atoms with Gasteiger partial charge in [0.1, 0.15) is 12.4 Å². The van der Waals surface area contributed by atoms with Crippen LogP contribution in [0.5, 0.6) is 5.75 Å². The Labute approximate surface area is 110 Å². The van der Waals surface area contributed by atoms with E-state index in [-0.39, 0.29) is 6.61 Å². The summed E-state index contributed by atoms with van der Waals surface area (Å²) in [5.41, 5.74) is 0.877. The maximum atomic E-state index is 11.8. The number of hydrogen-bond acceptors (Lipinski definition) is 3. The fourth-order valence-corrected chi connectivity index (χ4v) is 1.46. The molecule has 0 amide bonds. The number of anilines is 1. The van der Waals surface area contributed by atoms with Gasteiger partial charge in [-0.2, -0.15) is 13.2 Å². The lowest BCUT2D eigenvalue weighted by atomic mass is 10.3. The Morgan fingerprint density at radius 3 is 2.74 bits per heavy atom. The van der Waals surface area contributed by atoms with Crippen molar-refractivity contribution in [3.63, 3.8) is 0 Å². The van der Waals surface area contributed by atoms with E-state index in [1.54, 1.807) is 0 Å². The first-order chi connectivity index (χ1) is 9.01. The number of alkyl halides is 3. The maximum absolute atomic E-state index is 11.8. The largest absolute Gasteiger partial charge is 0.494 e. The summed E-state index contributed by atoms with van der Waals surface area (Å²) < 4.78 is 45.2. The molecule has 0 fully saturated rings. The molecule has 0 bridgehead atoms. The molecular formula is C13H18F3NO2. The Kier molecular flexibility index (Phi) is 6.49. The van der Waals surface area contributed by atoms with Gasteiger partial charge in [-0.1, -0.05) is 6.07 Å². The molecule has 0 aliphatic carbocycles. The second kappa shape index (κ2) is 7.89. The van der Waals surface area contributed by atoms with Crippen molar-refractivity contribution in [1.29, 1.82) is 0 Å². The third kappa shape index (κ3) is 7.56. The smallest absolute Gasteiger partial charge is 0.411 e. The molecule has 0 aliphatic rings. The van der Waals surface area contributed by atoms with Gasteiger partial charge in [0.25, 0.3) is 0 Å². The molecular weight excluding hydrogens is 259 g/mol. The summed E-state index contributed by atoms with van der Waals surface area (Å²) >= 11 is 0. The van der Waals surface area contributed by atoms with Crippen LogP contribution in [0.4, 0.5) is 18.9 Å². The summed E-state index contributed by atoms with van der Waals surface area (Å²) in [6, 6.07) is 7.42. The van der Waals surface area contributed by atoms with Crippen LogP contribution in [0, 0.1) is 0 Å². The average Bonchev–Trinajstić information content (AvgIpc) is 2.33. The minimum absolute atomic E-state index is 0.0810. The molecule has 0 spiro atoms. The summed E-state index contributed by atoms with van der Waals surface area (Å²) in [7, 11) is 0. The molecule has 0 saturated carbocycles. The van der Waals surface area contributed by atoms with Crippen LogP contribution < -0.4 is 10.1 Å². The summed E-state index contributed by atoms with van der Waals surface area (Å²) in [6.45, 7) is 1.94. The maximum Gasteiger partial charge on any atom is 0.411 e. The number of nitrogens with one attached hydrogen (secondary N) is 1. The fourth-order valence-electron chi connectivity index (χ4n) is 1.46. The molecule has 1 aromatic carbocycles. The van der Waals surface area contributed by atoms with Crippen molar-refractivity contribution >= 4 is 5.69 Å². The van der Waals surface area contributed by atoms with E-state index >= 15 is 0 Å². The molecule has 0 unspecified atom stereocenters. The van der Waals surface area contributed by atoms with Crippen molar-refractivity contribution in [2.24, 2.45) is 0 Å². The number of ether oxygens (including phenoxy) is 2. The summed E-state index contributed by atoms with van der Waals surface area (Å²) in [4.78, 5) is 0. The topological polar surface area (TPSA) is 30.5 Å². The molecule has 0 aromatic heterocycles. The van der Waals surface area contributed by atoms with Gasteiger partial charge in [-0.15, -0.1) is 0 Å². The molecule has 1 rings (SSSR count). The van der Waals surface area contributed by atoms with E-state index in [4.69, 9.17) is 4.74 Å². The number of halogens is 3. The Hall–Kier alpha value is -1.43. The van der Waals surface area contributed by atoms with Gasteiger partial charge in [-0.05, 0) is 25.5 Å². The Bertz CT molecular complexity index is 369. The minimum atomic E-state index is -4.25. The van der Waals surface area contributed by atoms with Crippen LogP contribution in [-0.2, 0) is 4.74 Å². The van der Waals surface area contributed by atoms with Crippen molar-refractivity contribution in [2.75, 3.05) is 31.7 Å². The quantitative estimate of drug-likeness (QED) is 0.738. The van der Waals surface area contributed by atoms with Gasteiger partial charge in [0.15, 0.2) is 0 Å². The molecule has 0 heterocycles. The summed E-state index contributed by atoms with van der Waals surface area (Å²) in [6.07, 6.45) is -3.74. The monoisotopic (exact) mass is 277 g/mol. The van der Waals surface area contributed by atoms with E-state index in [0.717, 1.165) is 11.4 Å². The number of benzene rings is 1.